The van der Waals surface area contributed by atoms with E-state index in [2.05, 4.69) is 6.58 Å². The molecule has 0 aromatic heterocycles. The van der Waals surface area contributed by atoms with Crippen LogP contribution in [0.2, 0.25) is 0 Å². The molecule has 0 aromatic carbocycles. The number of aliphatic hydroxyl groups excluding tert-OH is 1. The van der Waals surface area contributed by atoms with E-state index in [4.69, 9.17) is 14.2 Å². The number of carbonyl (C=O) groups excluding carboxylic acids is 3. The highest BCUT2D eigenvalue weighted by Gasteiger charge is 2.53. The van der Waals surface area contributed by atoms with Gasteiger partial charge in [0.2, 0.25) is 5.78 Å². The third kappa shape index (κ3) is 3.32. The Labute approximate surface area is 157 Å². The van der Waals surface area contributed by atoms with Gasteiger partial charge >= 0.3 is 11.9 Å². The second kappa shape index (κ2) is 6.96. The van der Waals surface area contributed by atoms with Crippen LogP contribution < -0.4 is 0 Å². The lowest BCUT2D eigenvalue weighted by atomic mass is 9.80. The summed E-state index contributed by atoms with van der Waals surface area (Å²) < 4.78 is 17.0. The first-order valence-electron chi connectivity index (χ1n) is 8.99. The van der Waals surface area contributed by atoms with Gasteiger partial charge in [0, 0.05) is 29.6 Å². The summed E-state index contributed by atoms with van der Waals surface area (Å²) >= 11 is 0. The first-order chi connectivity index (χ1) is 12.7. The van der Waals surface area contributed by atoms with E-state index in [0.717, 1.165) is 0 Å². The molecule has 3 rings (SSSR count). The van der Waals surface area contributed by atoms with Crippen LogP contribution in [0.5, 0.6) is 0 Å². The largest absolute Gasteiger partial charge is 0.483 e. The van der Waals surface area contributed by atoms with Gasteiger partial charge < -0.3 is 19.3 Å². The Bertz CT molecular complexity index is 762. The second-order valence-electron chi connectivity index (χ2n) is 7.47. The summed E-state index contributed by atoms with van der Waals surface area (Å²) in [6, 6.07) is 0. The van der Waals surface area contributed by atoms with Crippen LogP contribution in [0.3, 0.4) is 0 Å². The smallest absolute Gasteiger partial charge is 0.334 e. The van der Waals surface area contributed by atoms with E-state index in [0.29, 0.717) is 11.3 Å². The number of hydrogen-bond acceptors (Lipinski definition) is 7. The fraction of sp³-hybridized carbons (Fsp3) is 0.550. The molecule has 0 spiro atoms. The predicted octanol–water partition coefficient (Wildman–Crippen LogP) is 1.61. The van der Waals surface area contributed by atoms with Crippen molar-refractivity contribution in [3.63, 3.8) is 0 Å². The molecule has 0 aromatic rings. The van der Waals surface area contributed by atoms with Gasteiger partial charge in [0.1, 0.15) is 18.0 Å². The number of fused-ring (bicyclic) bond motifs is 3. The van der Waals surface area contributed by atoms with Crippen molar-refractivity contribution >= 4 is 17.7 Å². The van der Waals surface area contributed by atoms with Gasteiger partial charge in [0.05, 0.1) is 12.5 Å². The van der Waals surface area contributed by atoms with Crippen molar-refractivity contribution in [3.05, 3.63) is 35.6 Å². The van der Waals surface area contributed by atoms with Crippen molar-refractivity contribution in [1.29, 1.82) is 0 Å². The van der Waals surface area contributed by atoms with Gasteiger partial charge in [0.15, 0.2) is 5.60 Å². The number of carbonyl (C=O) groups is 3. The zero-order chi connectivity index (χ0) is 19.9. The van der Waals surface area contributed by atoms with E-state index in [1.165, 1.54) is 6.08 Å². The Morgan fingerprint density at radius 3 is 2.81 bits per heavy atom. The van der Waals surface area contributed by atoms with E-state index in [1.54, 1.807) is 26.8 Å². The summed E-state index contributed by atoms with van der Waals surface area (Å²) in [5, 5.41) is 9.77. The van der Waals surface area contributed by atoms with Gasteiger partial charge in [-0.05, 0) is 27.2 Å². The highest BCUT2D eigenvalue weighted by atomic mass is 16.6. The Hall–Kier alpha value is -2.41. The fourth-order valence-corrected chi connectivity index (χ4v) is 3.81. The third-order valence-electron chi connectivity index (χ3n) is 5.61. The monoisotopic (exact) mass is 376 g/mol. The summed E-state index contributed by atoms with van der Waals surface area (Å²) in [4.78, 5) is 37.1. The van der Waals surface area contributed by atoms with Crippen LogP contribution >= 0.6 is 0 Å². The lowest BCUT2D eigenvalue weighted by molar-refractivity contribution is -0.153. The highest BCUT2D eigenvalue weighted by molar-refractivity contribution is 5.99. The summed E-state index contributed by atoms with van der Waals surface area (Å²) in [6.45, 7) is 8.52. The summed E-state index contributed by atoms with van der Waals surface area (Å²) in [7, 11) is 0. The number of hydrogen-bond donors (Lipinski definition) is 1. The lowest BCUT2D eigenvalue weighted by Crippen LogP contribution is -2.43. The molecule has 3 aliphatic heterocycles. The zero-order valence-electron chi connectivity index (χ0n) is 15.7. The van der Waals surface area contributed by atoms with Crippen LogP contribution in [-0.2, 0) is 28.6 Å². The highest BCUT2D eigenvalue weighted by Crippen LogP contribution is 2.44. The van der Waals surface area contributed by atoms with Crippen molar-refractivity contribution < 1.29 is 33.7 Å². The summed E-state index contributed by atoms with van der Waals surface area (Å²) in [5.41, 5.74) is -0.619. The summed E-state index contributed by atoms with van der Waals surface area (Å²) in [6.07, 6.45) is 1.87. The maximum Gasteiger partial charge on any atom is 0.334 e. The first-order valence-corrected chi connectivity index (χ1v) is 8.99. The van der Waals surface area contributed by atoms with Gasteiger partial charge in [-0.2, -0.15) is 0 Å². The topological polar surface area (TPSA) is 99.1 Å². The van der Waals surface area contributed by atoms with Crippen LogP contribution in [0.1, 0.15) is 33.6 Å². The van der Waals surface area contributed by atoms with Gasteiger partial charge in [0.25, 0.3) is 0 Å². The molecular weight excluding hydrogens is 352 g/mol. The Balaban J connectivity index is 2.02. The van der Waals surface area contributed by atoms with Crippen LogP contribution in [0, 0.1) is 11.8 Å². The number of ether oxygens (including phenoxy) is 3. The minimum Gasteiger partial charge on any atom is -0.483 e. The molecule has 7 heteroatoms. The van der Waals surface area contributed by atoms with E-state index in [9.17, 15) is 19.5 Å². The minimum absolute atomic E-state index is 0.0591. The van der Waals surface area contributed by atoms with Crippen molar-refractivity contribution in [2.75, 3.05) is 6.61 Å². The Morgan fingerprint density at radius 1 is 1.48 bits per heavy atom. The molecule has 2 bridgehead atoms. The summed E-state index contributed by atoms with van der Waals surface area (Å²) in [5.74, 6) is -2.07. The molecule has 7 nitrogen and oxygen atoms in total. The maximum atomic E-state index is 12.6. The fourth-order valence-electron chi connectivity index (χ4n) is 3.81. The van der Waals surface area contributed by atoms with Crippen molar-refractivity contribution in [1.82, 2.24) is 0 Å². The Morgan fingerprint density at radius 2 is 2.19 bits per heavy atom. The van der Waals surface area contributed by atoms with E-state index in [1.807, 2.05) is 0 Å². The number of ketones is 1. The number of esters is 2. The molecule has 0 saturated carbocycles. The van der Waals surface area contributed by atoms with Gasteiger partial charge in [-0.25, -0.2) is 9.59 Å². The molecule has 3 heterocycles. The first kappa shape index (κ1) is 19.4. The molecule has 146 valence electrons. The predicted molar refractivity (Wildman–Crippen MR) is 94.2 cm³/mol. The molecule has 0 unspecified atom stereocenters. The van der Waals surface area contributed by atoms with Gasteiger partial charge in [-0.15, -0.1) is 0 Å². The average molecular weight is 376 g/mol. The standard InChI is InChI=1S/C20H24O7/c1-5-10(2)18(23)26-15-8-20(4)16(22)7-13(27-20)12(9-21)6-14-17(15)11(3)19(24)25-14/h5,7,12,14-15,17,21H,3,6,8-9H2,1-2,4H3/b10-5-/t12-,14+,15+,17-,20+/m0/s1. The Kier molecular flexibility index (Phi) is 4.99. The maximum absolute atomic E-state index is 12.6. The van der Waals surface area contributed by atoms with Crippen LogP contribution in [0.25, 0.3) is 0 Å². The molecule has 2 saturated heterocycles. The molecule has 5 atom stereocenters. The minimum atomic E-state index is -1.24. The van der Waals surface area contributed by atoms with Crippen LogP contribution in [0.4, 0.5) is 0 Å². The van der Waals surface area contributed by atoms with Crippen LogP contribution in [-0.4, -0.2) is 47.2 Å². The average Bonchev–Trinajstić information content (AvgIpc) is 3.08. The zero-order valence-corrected chi connectivity index (χ0v) is 15.7. The SMILES string of the molecule is C=C1C(=O)O[C@@H]2C[C@@H](CO)C3=CC(=O)[C@@](C)(C[C@@H](OC(=O)/C(C)=C\C)[C@@H]12)O3. The molecule has 27 heavy (non-hydrogen) atoms. The van der Waals surface area contributed by atoms with E-state index in [-0.39, 0.29) is 30.8 Å². The number of allylic oxidation sites excluding steroid dienone is 1. The number of aliphatic hydroxyl groups is 1. The van der Waals surface area contributed by atoms with Gasteiger partial charge in [-0.1, -0.05) is 12.7 Å². The molecular formula is C20H24O7. The second-order valence-corrected chi connectivity index (χ2v) is 7.47. The van der Waals surface area contributed by atoms with Crippen LogP contribution in [0.15, 0.2) is 35.6 Å². The molecule has 3 aliphatic rings. The van der Waals surface area contributed by atoms with Crippen molar-refractivity contribution in [3.8, 4) is 0 Å². The third-order valence-corrected chi connectivity index (χ3v) is 5.61. The lowest BCUT2D eigenvalue weighted by Gasteiger charge is -2.31. The normalized spacial score (nSPS) is 36.1. The van der Waals surface area contributed by atoms with E-state index < -0.39 is 41.6 Å². The molecule has 2 fully saturated rings. The van der Waals surface area contributed by atoms with Gasteiger partial charge in [-0.3, -0.25) is 4.79 Å². The number of rotatable bonds is 3. The van der Waals surface area contributed by atoms with E-state index >= 15 is 0 Å². The van der Waals surface area contributed by atoms with Crippen molar-refractivity contribution in [2.24, 2.45) is 11.8 Å². The molecule has 0 radical (unpaired) electrons. The van der Waals surface area contributed by atoms with Crippen molar-refractivity contribution in [2.45, 2.75) is 51.4 Å². The quantitative estimate of drug-likeness (QED) is 0.590. The molecule has 0 amide bonds. The molecule has 1 N–H and O–H groups in total. The molecule has 0 aliphatic carbocycles.